The van der Waals surface area contributed by atoms with E-state index in [1.807, 2.05) is 6.08 Å². The molecule has 0 aliphatic carbocycles. The predicted molar refractivity (Wildman–Crippen MR) is 373 cm³/mol. The van der Waals surface area contributed by atoms with Gasteiger partial charge in [0.05, 0.1) is 25.4 Å². The van der Waals surface area contributed by atoms with Gasteiger partial charge in [0, 0.05) is 6.42 Å². The number of amides is 1. The van der Waals surface area contributed by atoms with E-state index in [-0.39, 0.29) is 12.5 Å². The van der Waals surface area contributed by atoms with Gasteiger partial charge in [-0.1, -0.05) is 349 Å². The van der Waals surface area contributed by atoms with E-state index in [1.54, 1.807) is 6.08 Å². The van der Waals surface area contributed by atoms with E-state index in [0.29, 0.717) is 6.42 Å². The Labute approximate surface area is 536 Å². The standard InChI is InChI=1S/C78H139NO8/c1-3-5-7-9-11-13-15-17-19-21-23-25-27-29-31-33-35-36-38-39-41-43-45-47-49-51-53-55-57-59-61-63-65-67-72(81)71(70-86-78-77(85)76(84)75(83)73(69-80)87-78)79-74(82)68-66-64-62-60-58-56-54-52-50-48-46-44-42-40-37-34-32-30-28-26-24-22-20-18-16-14-12-10-8-6-4-2/h6,8,12,14,18,20,24,26,30,32,37,40,44,46,65,67,71-73,75-78,80-81,83-85H,3-5,7,9-11,13,15-17,19,21-23,25,27-29,31,33-36,38-39,41-43,45,47-64,66,68-70H2,1-2H3,(H,79,82)/b8-6-,14-12-,20-18-,26-24-,32-30-,40-37-,46-44-,67-65+. The number of aliphatic hydroxyl groups excluding tert-OH is 5. The van der Waals surface area contributed by atoms with Crippen LogP contribution in [-0.2, 0) is 14.3 Å². The summed E-state index contributed by atoms with van der Waals surface area (Å²) >= 11 is 0. The fourth-order valence-electron chi connectivity index (χ4n) is 11.4. The van der Waals surface area contributed by atoms with Gasteiger partial charge in [-0.3, -0.25) is 4.79 Å². The first-order valence-electron chi connectivity index (χ1n) is 37.0. The third kappa shape index (κ3) is 54.6. The summed E-state index contributed by atoms with van der Waals surface area (Å²) in [6, 6.07) is -0.817. The van der Waals surface area contributed by atoms with Crippen LogP contribution < -0.4 is 5.32 Å². The number of unbranched alkanes of at least 4 members (excludes halogenated alkanes) is 40. The molecule has 0 bridgehead atoms. The van der Waals surface area contributed by atoms with Crippen molar-refractivity contribution in [3.63, 3.8) is 0 Å². The fourth-order valence-corrected chi connectivity index (χ4v) is 11.4. The van der Waals surface area contributed by atoms with E-state index < -0.39 is 49.5 Å². The average Bonchev–Trinajstić information content (AvgIpc) is 3.47. The maximum atomic E-state index is 13.1. The Morgan fingerprint density at radius 2 is 0.713 bits per heavy atom. The van der Waals surface area contributed by atoms with Crippen molar-refractivity contribution in [2.24, 2.45) is 0 Å². The molecule has 1 heterocycles. The summed E-state index contributed by atoms with van der Waals surface area (Å²) in [5, 5.41) is 54.8. The zero-order chi connectivity index (χ0) is 62.8. The van der Waals surface area contributed by atoms with Crippen LogP contribution in [0.1, 0.15) is 335 Å². The van der Waals surface area contributed by atoms with Crippen LogP contribution in [0.5, 0.6) is 0 Å². The molecular weight excluding hydrogens is 1080 g/mol. The van der Waals surface area contributed by atoms with Crippen molar-refractivity contribution in [1.82, 2.24) is 5.32 Å². The Balaban J connectivity index is 2.13. The molecule has 9 heteroatoms. The Morgan fingerprint density at radius 3 is 1.06 bits per heavy atom. The van der Waals surface area contributed by atoms with E-state index in [2.05, 4.69) is 104 Å². The Morgan fingerprint density at radius 1 is 0.402 bits per heavy atom. The molecule has 7 unspecified atom stereocenters. The van der Waals surface area contributed by atoms with Crippen LogP contribution in [0.2, 0.25) is 0 Å². The molecule has 1 fully saturated rings. The van der Waals surface area contributed by atoms with Crippen LogP contribution >= 0.6 is 0 Å². The Bertz CT molecular complexity index is 1700. The van der Waals surface area contributed by atoms with Crippen LogP contribution in [0, 0.1) is 0 Å². The minimum atomic E-state index is -1.57. The quantitative estimate of drug-likeness (QED) is 0.0261. The molecule has 1 amide bonds. The normalized spacial score (nSPS) is 18.5. The molecule has 0 spiro atoms. The lowest BCUT2D eigenvalue weighted by molar-refractivity contribution is -0.302. The summed E-state index contributed by atoms with van der Waals surface area (Å²) in [6.45, 7) is 3.70. The maximum Gasteiger partial charge on any atom is 0.220 e. The van der Waals surface area contributed by atoms with Crippen LogP contribution in [0.25, 0.3) is 0 Å². The highest BCUT2D eigenvalue weighted by molar-refractivity contribution is 5.76. The number of aliphatic hydroxyl groups is 5. The minimum absolute atomic E-state index is 0.183. The number of carbonyl (C=O) groups is 1. The first-order valence-corrected chi connectivity index (χ1v) is 37.0. The molecule has 1 aliphatic heterocycles. The predicted octanol–water partition coefficient (Wildman–Crippen LogP) is 20.6. The van der Waals surface area contributed by atoms with Crippen molar-refractivity contribution in [1.29, 1.82) is 0 Å². The van der Waals surface area contributed by atoms with Gasteiger partial charge in [-0.05, 0) is 77.0 Å². The molecule has 0 aromatic heterocycles. The van der Waals surface area contributed by atoms with E-state index >= 15 is 0 Å². The molecule has 9 nitrogen and oxygen atoms in total. The van der Waals surface area contributed by atoms with Gasteiger partial charge in [-0.25, -0.2) is 0 Å². The highest BCUT2D eigenvalue weighted by Gasteiger charge is 2.44. The number of hydrogen-bond acceptors (Lipinski definition) is 8. The highest BCUT2D eigenvalue weighted by atomic mass is 16.7. The second-order valence-electron chi connectivity index (χ2n) is 25.4. The van der Waals surface area contributed by atoms with E-state index in [4.69, 9.17) is 9.47 Å². The topological polar surface area (TPSA) is 149 Å². The zero-order valence-corrected chi connectivity index (χ0v) is 56.5. The molecule has 0 aromatic rings. The Hall–Kier alpha value is -2.89. The number of ether oxygens (including phenoxy) is 2. The van der Waals surface area contributed by atoms with Gasteiger partial charge in [0.1, 0.15) is 24.4 Å². The fraction of sp³-hybridized carbons (Fsp3) is 0.782. The summed E-state index contributed by atoms with van der Waals surface area (Å²) < 4.78 is 11.3. The van der Waals surface area contributed by atoms with Gasteiger partial charge in [0.25, 0.3) is 0 Å². The molecule has 0 saturated carbocycles. The lowest BCUT2D eigenvalue weighted by atomic mass is 9.99. The molecule has 1 saturated heterocycles. The molecule has 1 aliphatic rings. The van der Waals surface area contributed by atoms with Crippen molar-refractivity contribution in [3.05, 3.63) is 97.2 Å². The molecule has 0 aromatic carbocycles. The largest absolute Gasteiger partial charge is 0.394 e. The lowest BCUT2D eigenvalue weighted by Crippen LogP contribution is -2.60. The first-order chi connectivity index (χ1) is 42.8. The number of hydrogen-bond donors (Lipinski definition) is 6. The van der Waals surface area contributed by atoms with Crippen molar-refractivity contribution in [2.75, 3.05) is 13.2 Å². The number of nitrogens with one attached hydrogen (secondary N) is 1. The summed E-state index contributed by atoms with van der Waals surface area (Å²) in [6.07, 6.45) is 89.5. The SMILES string of the molecule is CC/C=C\C/C=C\C/C=C\C/C=C\C/C=C\C/C=C\C/C=C\CCCCCCCCCCCC(=O)NC(COC1OC(CO)C(O)C(O)C1O)C(O)/C=C/CCCCCCCCCCCCCCCCCCCCCCCCCCCCCCCCC. The Kier molecular flexibility index (Phi) is 62.3. The zero-order valence-electron chi connectivity index (χ0n) is 56.5. The van der Waals surface area contributed by atoms with Gasteiger partial charge in [0.2, 0.25) is 5.91 Å². The van der Waals surface area contributed by atoms with E-state index in [0.717, 1.165) is 96.3 Å². The van der Waals surface area contributed by atoms with Crippen molar-refractivity contribution in [2.45, 2.75) is 378 Å². The number of allylic oxidation sites excluding steroid dienone is 15. The third-order valence-electron chi connectivity index (χ3n) is 17.2. The second-order valence-corrected chi connectivity index (χ2v) is 25.4. The molecule has 504 valence electrons. The van der Waals surface area contributed by atoms with Crippen LogP contribution in [-0.4, -0.2) is 87.5 Å². The van der Waals surface area contributed by atoms with E-state index in [1.165, 1.54) is 218 Å². The minimum Gasteiger partial charge on any atom is -0.394 e. The highest BCUT2D eigenvalue weighted by Crippen LogP contribution is 2.23. The van der Waals surface area contributed by atoms with E-state index in [9.17, 15) is 30.3 Å². The van der Waals surface area contributed by atoms with Crippen molar-refractivity contribution >= 4 is 5.91 Å². The average molecular weight is 1220 g/mol. The van der Waals surface area contributed by atoms with Crippen LogP contribution in [0.15, 0.2) is 97.2 Å². The third-order valence-corrected chi connectivity index (χ3v) is 17.2. The molecular formula is C78H139NO8. The summed E-state index contributed by atoms with van der Waals surface area (Å²) in [5.74, 6) is -0.183. The molecule has 6 N–H and O–H groups in total. The molecule has 1 rings (SSSR count). The number of carbonyl (C=O) groups excluding carboxylic acids is 1. The maximum absolute atomic E-state index is 13.1. The monoisotopic (exact) mass is 1220 g/mol. The first kappa shape index (κ1) is 82.1. The van der Waals surface area contributed by atoms with Crippen molar-refractivity contribution < 1.29 is 39.8 Å². The molecule has 0 radical (unpaired) electrons. The van der Waals surface area contributed by atoms with Crippen LogP contribution in [0.4, 0.5) is 0 Å². The van der Waals surface area contributed by atoms with Gasteiger partial charge in [0.15, 0.2) is 6.29 Å². The summed E-state index contributed by atoms with van der Waals surface area (Å²) in [7, 11) is 0. The van der Waals surface area contributed by atoms with Crippen LogP contribution in [0.3, 0.4) is 0 Å². The van der Waals surface area contributed by atoms with Crippen molar-refractivity contribution in [3.8, 4) is 0 Å². The molecule has 87 heavy (non-hydrogen) atoms. The summed E-state index contributed by atoms with van der Waals surface area (Å²) in [5.41, 5.74) is 0. The number of rotatable bonds is 64. The second kappa shape index (κ2) is 66.0. The van der Waals surface area contributed by atoms with Gasteiger partial charge < -0.3 is 40.3 Å². The van der Waals surface area contributed by atoms with Gasteiger partial charge in [-0.2, -0.15) is 0 Å². The lowest BCUT2D eigenvalue weighted by Gasteiger charge is -2.40. The smallest absolute Gasteiger partial charge is 0.220 e. The van der Waals surface area contributed by atoms with Gasteiger partial charge >= 0.3 is 0 Å². The van der Waals surface area contributed by atoms with Gasteiger partial charge in [-0.15, -0.1) is 0 Å². The molecule has 7 atom stereocenters. The summed E-state index contributed by atoms with van der Waals surface area (Å²) in [4.78, 5) is 13.1.